The minimum atomic E-state index is -0.971. The molecule has 0 aliphatic heterocycles. The highest BCUT2D eigenvalue weighted by molar-refractivity contribution is 5.79. The lowest BCUT2D eigenvalue weighted by Gasteiger charge is -2.15. The van der Waals surface area contributed by atoms with Crippen molar-refractivity contribution in [1.82, 2.24) is 0 Å². The first-order chi connectivity index (χ1) is 10.1. The Bertz CT molecular complexity index is 656. The van der Waals surface area contributed by atoms with Crippen LogP contribution >= 0.6 is 0 Å². The van der Waals surface area contributed by atoms with Gasteiger partial charge in [0.1, 0.15) is 0 Å². The number of rotatable bonds is 5. The smallest absolute Gasteiger partial charge is 0.269 e. The fourth-order valence-electron chi connectivity index (χ4n) is 1.96. The molecule has 0 aromatic heterocycles. The molecule has 0 spiro atoms. The second-order valence-corrected chi connectivity index (χ2v) is 4.47. The molecule has 0 bridgehead atoms. The molecule has 1 unspecified atom stereocenters. The Morgan fingerprint density at radius 1 is 1.00 bits per heavy atom. The molecule has 0 amide bonds. The van der Waals surface area contributed by atoms with Crippen LogP contribution in [0.4, 0.5) is 0 Å². The van der Waals surface area contributed by atoms with E-state index < -0.39 is 17.5 Å². The zero-order valence-electron chi connectivity index (χ0n) is 11.1. The van der Waals surface area contributed by atoms with E-state index in [1.165, 1.54) is 12.1 Å². The second kappa shape index (κ2) is 6.51. The van der Waals surface area contributed by atoms with Gasteiger partial charge in [0, 0.05) is 16.1 Å². The van der Waals surface area contributed by atoms with E-state index >= 15 is 0 Å². The van der Waals surface area contributed by atoms with E-state index in [-0.39, 0.29) is 11.3 Å². The molecule has 0 saturated carbocycles. The molecule has 0 fully saturated rings. The van der Waals surface area contributed by atoms with Gasteiger partial charge < -0.3 is 10.3 Å². The molecule has 1 atom stereocenters. The van der Waals surface area contributed by atoms with Crippen LogP contribution in [-0.2, 0) is 0 Å². The fourth-order valence-corrected chi connectivity index (χ4v) is 1.96. The first-order valence-corrected chi connectivity index (χ1v) is 6.31. The van der Waals surface area contributed by atoms with Crippen LogP contribution in [0.2, 0.25) is 0 Å². The van der Waals surface area contributed by atoms with Crippen LogP contribution in [0.15, 0.2) is 54.6 Å². The van der Waals surface area contributed by atoms with E-state index in [9.17, 15) is 20.4 Å². The van der Waals surface area contributed by atoms with Crippen LogP contribution in [0.5, 0.6) is 5.75 Å². The van der Waals surface area contributed by atoms with Gasteiger partial charge in [0.05, 0.1) is 0 Å². The number of para-hydroxylation sites is 1. The SMILES string of the molecule is O=[N+]([O-])CC(c1ccccc1)/[N+]([O-])=C/c1ccccc1[O-]. The summed E-state index contributed by atoms with van der Waals surface area (Å²) in [6.45, 7) is -0.537. The van der Waals surface area contributed by atoms with Gasteiger partial charge in [-0.25, -0.2) is 0 Å². The molecule has 0 saturated heterocycles. The van der Waals surface area contributed by atoms with Crippen LogP contribution < -0.4 is 5.11 Å². The Morgan fingerprint density at radius 2 is 1.62 bits per heavy atom. The lowest BCUT2D eigenvalue weighted by molar-refractivity contribution is -0.579. The molecule has 2 aromatic rings. The highest BCUT2D eigenvalue weighted by Gasteiger charge is 2.25. The molecule has 6 heteroatoms. The van der Waals surface area contributed by atoms with Crippen molar-refractivity contribution in [3.05, 3.63) is 81.0 Å². The number of nitrogens with zero attached hydrogens (tertiary/aromatic N) is 2. The largest absolute Gasteiger partial charge is 0.872 e. The zero-order chi connectivity index (χ0) is 15.2. The Hall–Kier alpha value is -2.89. The molecule has 2 rings (SSSR count). The van der Waals surface area contributed by atoms with Gasteiger partial charge in [0.15, 0.2) is 6.21 Å². The molecule has 2 aromatic carbocycles. The van der Waals surface area contributed by atoms with E-state index in [0.29, 0.717) is 10.3 Å². The van der Waals surface area contributed by atoms with Crippen LogP contribution in [0, 0.1) is 15.3 Å². The molecular weight excluding hydrogens is 272 g/mol. The van der Waals surface area contributed by atoms with E-state index in [2.05, 4.69) is 0 Å². The van der Waals surface area contributed by atoms with Gasteiger partial charge in [0.2, 0.25) is 0 Å². The summed E-state index contributed by atoms with van der Waals surface area (Å²) < 4.78 is 0.467. The first kappa shape index (κ1) is 14.5. The van der Waals surface area contributed by atoms with Crippen molar-refractivity contribution in [2.45, 2.75) is 6.04 Å². The topological polar surface area (TPSA) is 92.3 Å². The number of nitro groups is 1. The van der Waals surface area contributed by atoms with Gasteiger partial charge in [-0.2, -0.15) is 4.74 Å². The second-order valence-electron chi connectivity index (χ2n) is 4.47. The molecule has 21 heavy (non-hydrogen) atoms. The molecule has 0 radical (unpaired) electrons. The van der Waals surface area contributed by atoms with Crippen molar-refractivity contribution in [1.29, 1.82) is 0 Å². The monoisotopic (exact) mass is 285 g/mol. The summed E-state index contributed by atoms with van der Waals surface area (Å²) >= 11 is 0. The summed E-state index contributed by atoms with van der Waals surface area (Å²) in [5.74, 6) is -0.300. The van der Waals surface area contributed by atoms with E-state index in [1.807, 2.05) is 0 Å². The summed E-state index contributed by atoms with van der Waals surface area (Å²) in [7, 11) is 0. The van der Waals surface area contributed by atoms with Gasteiger partial charge in [-0.05, 0) is 6.07 Å². The summed E-state index contributed by atoms with van der Waals surface area (Å²) in [5, 5.41) is 34.6. The van der Waals surface area contributed by atoms with Crippen LogP contribution in [0.25, 0.3) is 0 Å². The minimum absolute atomic E-state index is 0.205. The predicted octanol–water partition coefficient (Wildman–Crippen LogP) is 1.71. The Labute approximate surface area is 121 Å². The third-order valence-electron chi connectivity index (χ3n) is 3.00. The van der Waals surface area contributed by atoms with Gasteiger partial charge in [-0.15, -0.1) is 0 Å². The Kier molecular flexibility index (Phi) is 4.50. The third kappa shape index (κ3) is 3.79. The predicted molar refractivity (Wildman–Crippen MR) is 75.7 cm³/mol. The average Bonchev–Trinajstić information content (AvgIpc) is 2.48. The molecule has 6 nitrogen and oxygen atoms in total. The van der Waals surface area contributed by atoms with Gasteiger partial charge in [-0.3, -0.25) is 10.1 Å². The van der Waals surface area contributed by atoms with Crippen molar-refractivity contribution < 1.29 is 14.8 Å². The van der Waals surface area contributed by atoms with E-state index in [1.54, 1.807) is 42.5 Å². The van der Waals surface area contributed by atoms with Gasteiger partial charge in [0.25, 0.3) is 12.6 Å². The quantitative estimate of drug-likeness (QED) is 0.275. The lowest BCUT2D eigenvalue weighted by atomic mass is 10.1. The number of hydrogen-bond acceptors (Lipinski definition) is 4. The fraction of sp³-hybridized carbons (Fsp3) is 0.133. The maximum Gasteiger partial charge on any atom is 0.269 e. The van der Waals surface area contributed by atoms with Crippen LogP contribution in [-0.4, -0.2) is 22.4 Å². The van der Waals surface area contributed by atoms with Crippen LogP contribution in [0.1, 0.15) is 17.2 Å². The first-order valence-electron chi connectivity index (χ1n) is 6.31. The Morgan fingerprint density at radius 3 is 2.24 bits per heavy atom. The molecule has 0 N–H and O–H groups in total. The molecule has 108 valence electrons. The highest BCUT2D eigenvalue weighted by Crippen LogP contribution is 2.18. The number of hydrogen-bond donors (Lipinski definition) is 0. The maximum atomic E-state index is 12.2. The van der Waals surface area contributed by atoms with E-state index in [0.717, 1.165) is 6.21 Å². The molecule has 0 aliphatic rings. The maximum absolute atomic E-state index is 12.2. The normalized spacial score (nSPS) is 12.9. The zero-order valence-corrected chi connectivity index (χ0v) is 11.1. The van der Waals surface area contributed by atoms with E-state index in [4.69, 9.17) is 0 Å². The lowest BCUT2D eigenvalue weighted by Crippen LogP contribution is -2.23. The molecule has 0 aliphatic carbocycles. The molecular formula is C15H13N2O4-. The summed E-state index contributed by atoms with van der Waals surface area (Å²) in [4.78, 5) is 10.2. The third-order valence-corrected chi connectivity index (χ3v) is 3.00. The van der Waals surface area contributed by atoms with Crippen molar-refractivity contribution in [2.24, 2.45) is 0 Å². The van der Waals surface area contributed by atoms with Crippen molar-refractivity contribution in [2.75, 3.05) is 6.54 Å². The van der Waals surface area contributed by atoms with Gasteiger partial charge >= 0.3 is 0 Å². The number of hydroxylamine groups is 1. The highest BCUT2D eigenvalue weighted by atomic mass is 16.6. The number of benzene rings is 2. The average molecular weight is 285 g/mol. The Balaban J connectivity index is 2.37. The van der Waals surface area contributed by atoms with Gasteiger partial charge in [-0.1, -0.05) is 54.3 Å². The summed E-state index contributed by atoms with van der Waals surface area (Å²) in [6.07, 6.45) is 1.10. The minimum Gasteiger partial charge on any atom is -0.872 e. The van der Waals surface area contributed by atoms with Crippen molar-refractivity contribution in [3.8, 4) is 5.75 Å². The molecule has 0 heterocycles. The van der Waals surface area contributed by atoms with Crippen molar-refractivity contribution >= 4 is 6.21 Å². The summed E-state index contributed by atoms with van der Waals surface area (Å²) in [5.41, 5.74) is 0.737. The van der Waals surface area contributed by atoms with Crippen molar-refractivity contribution in [3.63, 3.8) is 0 Å². The van der Waals surface area contributed by atoms with Crippen LogP contribution in [0.3, 0.4) is 0 Å². The standard InChI is InChI=1S/C15H14N2O4/c18-15-9-5-4-8-13(15)10-16(19)14(11-17(20)21)12-6-2-1-3-7-12/h1-10,14,18H,11H2/p-1/b16-10-. The summed E-state index contributed by atoms with van der Waals surface area (Å²) in [6, 6.07) is 13.5.